The summed E-state index contributed by atoms with van der Waals surface area (Å²) in [5.41, 5.74) is 9.95. The molecule has 7 heteroatoms. The Morgan fingerprint density at radius 2 is 1.89 bits per heavy atom. The van der Waals surface area contributed by atoms with E-state index in [2.05, 4.69) is 10.3 Å². The Bertz CT molecular complexity index is 831. The zero-order chi connectivity index (χ0) is 20.8. The van der Waals surface area contributed by atoms with E-state index in [1.165, 1.54) is 0 Å². The van der Waals surface area contributed by atoms with Crippen LogP contribution >= 0.6 is 0 Å². The van der Waals surface area contributed by atoms with Gasteiger partial charge in [-0.1, -0.05) is 23.4 Å². The molecule has 0 bridgehead atoms. The number of carbonyl (C=O) groups is 1. The van der Waals surface area contributed by atoms with E-state index in [4.69, 9.17) is 10.6 Å². The van der Waals surface area contributed by atoms with E-state index in [-0.39, 0.29) is 30.4 Å². The number of oxime groups is 1. The average Bonchev–Trinajstić information content (AvgIpc) is 2.91. The van der Waals surface area contributed by atoms with Gasteiger partial charge in [0.25, 0.3) is 5.91 Å². The highest BCUT2D eigenvalue weighted by molar-refractivity contribution is 5.97. The molecule has 0 spiro atoms. The summed E-state index contributed by atoms with van der Waals surface area (Å²) in [6.07, 6.45) is 0. The molecule has 0 radical (unpaired) electrons. The Kier molecular flexibility index (Phi) is 7.20. The first-order valence-electron chi connectivity index (χ1n) is 9.56. The molecule has 0 atom stereocenters. The van der Waals surface area contributed by atoms with Crippen LogP contribution in [0.4, 0.5) is 0 Å². The van der Waals surface area contributed by atoms with Crippen LogP contribution in [0.2, 0.25) is 0 Å². The number of aryl methyl sites for hydroxylation is 2. The number of aromatic nitrogens is 2. The lowest BCUT2D eigenvalue weighted by molar-refractivity contribution is -0.139. The molecule has 152 valence electrons. The van der Waals surface area contributed by atoms with E-state index in [1.54, 1.807) is 4.90 Å². The molecule has 2 aromatic rings. The number of carbonyl (C=O) groups excluding carboxylic acids is 1. The Morgan fingerprint density at radius 3 is 2.46 bits per heavy atom. The first-order chi connectivity index (χ1) is 13.2. The SMILES string of the molecule is Cc1cc(C)n(Cc2cccc(C(N)=NOCC(=O)N(C(C)C)C(C)C)c2)n1. The molecule has 1 aromatic carbocycles. The van der Waals surface area contributed by atoms with Crippen molar-refractivity contribution in [1.82, 2.24) is 14.7 Å². The maximum Gasteiger partial charge on any atom is 0.263 e. The lowest BCUT2D eigenvalue weighted by Gasteiger charge is -2.30. The van der Waals surface area contributed by atoms with Gasteiger partial charge in [0.15, 0.2) is 12.4 Å². The van der Waals surface area contributed by atoms with Gasteiger partial charge in [0.05, 0.1) is 12.2 Å². The number of benzene rings is 1. The first kappa shape index (κ1) is 21.5. The van der Waals surface area contributed by atoms with Gasteiger partial charge in [-0.3, -0.25) is 9.48 Å². The Balaban J connectivity index is 2.02. The maximum absolute atomic E-state index is 12.3. The van der Waals surface area contributed by atoms with Gasteiger partial charge in [-0.25, -0.2) is 0 Å². The number of amides is 1. The third-order valence-electron chi connectivity index (χ3n) is 4.41. The smallest absolute Gasteiger partial charge is 0.263 e. The van der Waals surface area contributed by atoms with Crippen molar-refractivity contribution in [2.75, 3.05) is 6.61 Å². The van der Waals surface area contributed by atoms with Crippen molar-refractivity contribution < 1.29 is 9.63 Å². The van der Waals surface area contributed by atoms with Crippen molar-refractivity contribution in [1.29, 1.82) is 0 Å². The second-order valence-electron chi connectivity index (χ2n) is 7.52. The standard InChI is InChI=1S/C21H31N5O2/c1-14(2)26(15(3)4)20(27)13-28-24-21(22)19-9-7-8-18(11-19)12-25-17(6)10-16(5)23-25/h7-11,14-15H,12-13H2,1-6H3,(H2,22,24). The van der Waals surface area contributed by atoms with Crippen LogP contribution in [0.1, 0.15) is 50.2 Å². The van der Waals surface area contributed by atoms with Crippen LogP contribution in [0.15, 0.2) is 35.5 Å². The van der Waals surface area contributed by atoms with Crippen LogP contribution in [0, 0.1) is 13.8 Å². The fourth-order valence-electron chi connectivity index (χ4n) is 3.29. The number of nitrogens with two attached hydrogens (primary N) is 1. The summed E-state index contributed by atoms with van der Waals surface area (Å²) in [6.45, 7) is 12.4. The highest BCUT2D eigenvalue weighted by Crippen LogP contribution is 2.10. The molecule has 0 aliphatic heterocycles. The van der Waals surface area contributed by atoms with E-state index in [1.807, 2.05) is 76.6 Å². The quantitative estimate of drug-likeness (QED) is 0.430. The van der Waals surface area contributed by atoms with Gasteiger partial charge >= 0.3 is 0 Å². The van der Waals surface area contributed by atoms with Crippen molar-refractivity contribution in [2.45, 2.75) is 60.2 Å². The highest BCUT2D eigenvalue weighted by Gasteiger charge is 2.20. The predicted octanol–water partition coefficient (Wildman–Crippen LogP) is 2.83. The van der Waals surface area contributed by atoms with Crippen LogP contribution in [0.25, 0.3) is 0 Å². The van der Waals surface area contributed by atoms with Crippen LogP contribution in [0.3, 0.4) is 0 Å². The minimum atomic E-state index is -0.136. The normalized spacial score (nSPS) is 11.9. The monoisotopic (exact) mass is 385 g/mol. The average molecular weight is 386 g/mol. The number of amidine groups is 1. The van der Waals surface area contributed by atoms with E-state index in [0.29, 0.717) is 6.54 Å². The van der Waals surface area contributed by atoms with Gasteiger partial charge in [0.1, 0.15) is 0 Å². The molecule has 2 N–H and O–H groups in total. The largest absolute Gasteiger partial charge is 0.384 e. The maximum atomic E-state index is 12.3. The molecule has 1 aromatic heterocycles. The number of hydrogen-bond donors (Lipinski definition) is 1. The molecule has 7 nitrogen and oxygen atoms in total. The van der Waals surface area contributed by atoms with Crippen molar-refractivity contribution in [2.24, 2.45) is 10.9 Å². The van der Waals surface area contributed by atoms with Crippen LogP contribution in [-0.2, 0) is 16.2 Å². The molecule has 1 heterocycles. The van der Waals surface area contributed by atoms with Crippen molar-refractivity contribution in [3.63, 3.8) is 0 Å². The molecule has 0 aliphatic carbocycles. The zero-order valence-corrected chi connectivity index (χ0v) is 17.6. The lowest BCUT2D eigenvalue weighted by Crippen LogP contribution is -2.43. The van der Waals surface area contributed by atoms with Gasteiger partial charge in [-0.05, 0) is 59.2 Å². The third kappa shape index (κ3) is 5.58. The Hall–Kier alpha value is -2.83. The summed E-state index contributed by atoms with van der Waals surface area (Å²) >= 11 is 0. The van der Waals surface area contributed by atoms with E-state index < -0.39 is 0 Å². The van der Waals surface area contributed by atoms with Crippen LogP contribution in [0.5, 0.6) is 0 Å². The second-order valence-corrected chi connectivity index (χ2v) is 7.52. The molecule has 0 fully saturated rings. The summed E-state index contributed by atoms with van der Waals surface area (Å²) in [5, 5.41) is 8.41. The summed E-state index contributed by atoms with van der Waals surface area (Å²) < 4.78 is 1.95. The summed E-state index contributed by atoms with van der Waals surface area (Å²) in [6, 6.07) is 10.00. The van der Waals surface area contributed by atoms with Crippen LogP contribution < -0.4 is 5.73 Å². The predicted molar refractivity (Wildman–Crippen MR) is 111 cm³/mol. The van der Waals surface area contributed by atoms with E-state index in [0.717, 1.165) is 22.5 Å². The lowest BCUT2D eigenvalue weighted by atomic mass is 10.1. The molecule has 0 saturated carbocycles. The Labute approximate surface area is 167 Å². The van der Waals surface area contributed by atoms with Gasteiger partial charge in [-0.2, -0.15) is 5.10 Å². The van der Waals surface area contributed by atoms with Gasteiger partial charge in [0, 0.05) is 23.3 Å². The molecule has 2 rings (SSSR count). The molecule has 28 heavy (non-hydrogen) atoms. The first-order valence-corrected chi connectivity index (χ1v) is 9.56. The van der Waals surface area contributed by atoms with Crippen LogP contribution in [-0.4, -0.2) is 45.1 Å². The summed E-state index contributed by atoms with van der Waals surface area (Å²) in [7, 11) is 0. The summed E-state index contributed by atoms with van der Waals surface area (Å²) in [5.74, 6) is 0.128. The topological polar surface area (TPSA) is 85.7 Å². The fraction of sp³-hybridized carbons (Fsp3) is 0.476. The molecule has 1 amide bonds. The third-order valence-corrected chi connectivity index (χ3v) is 4.41. The minimum absolute atomic E-state index is 0.100. The zero-order valence-electron chi connectivity index (χ0n) is 17.6. The molecular weight excluding hydrogens is 354 g/mol. The minimum Gasteiger partial charge on any atom is -0.384 e. The molecule has 0 aliphatic rings. The molecular formula is C21H31N5O2. The van der Waals surface area contributed by atoms with E-state index in [9.17, 15) is 4.79 Å². The van der Waals surface area contributed by atoms with Gasteiger partial charge in [-0.15, -0.1) is 0 Å². The highest BCUT2D eigenvalue weighted by atomic mass is 16.6. The van der Waals surface area contributed by atoms with Crippen molar-refractivity contribution in [3.05, 3.63) is 52.8 Å². The van der Waals surface area contributed by atoms with E-state index >= 15 is 0 Å². The van der Waals surface area contributed by atoms with Gasteiger partial charge in [0.2, 0.25) is 0 Å². The fourth-order valence-corrected chi connectivity index (χ4v) is 3.29. The number of rotatable bonds is 8. The van der Waals surface area contributed by atoms with Gasteiger partial charge < -0.3 is 15.5 Å². The van der Waals surface area contributed by atoms with Crippen molar-refractivity contribution in [3.8, 4) is 0 Å². The summed E-state index contributed by atoms with van der Waals surface area (Å²) in [4.78, 5) is 19.3. The van der Waals surface area contributed by atoms with Crippen molar-refractivity contribution >= 4 is 11.7 Å². The Morgan fingerprint density at radius 1 is 1.21 bits per heavy atom. The second kappa shape index (κ2) is 9.39. The molecule has 0 saturated heterocycles. The molecule has 0 unspecified atom stereocenters. The number of nitrogens with zero attached hydrogens (tertiary/aromatic N) is 4. The number of hydrogen-bond acceptors (Lipinski definition) is 4.